The molecule has 0 atom stereocenters. The van der Waals surface area contributed by atoms with Crippen molar-refractivity contribution in [1.29, 1.82) is 0 Å². The van der Waals surface area contributed by atoms with Gasteiger partial charge >= 0.3 is 0 Å². The quantitative estimate of drug-likeness (QED) is 0.484. The summed E-state index contributed by atoms with van der Waals surface area (Å²) >= 11 is 1.41. The highest BCUT2D eigenvalue weighted by Gasteiger charge is 2.18. The maximum atomic E-state index is 13.2. The minimum Gasteiger partial charge on any atom is -0.479 e. The molecule has 0 saturated carbocycles. The number of carbonyl (C=O) groups excluding carboxylic acids is 1. The third kappa shape index (κ3) is 2.83. The molecular weight excluding hydrogens is 324 g/mol. The highest BCUT2D eigenvalue weighted by molar-refractivity contribution is 14.1. The summed E-state index contributed by atoms with van der Waals surface area (Å²) in [7, 11) is 0. The van der Waals surface area contributed by atoms with Crippen LogP contribution in [-0.4, -0.2) is 10.4 Å². The molecule has 1 aromatic rings. The van der Waals surface area contributed by atoms with Gasteiger partial charge in [0.2, 0.25) is 9.61 Å². The van der Waals surface area contributed by atoms with Gasteiger partial charge < -0.3 is 4.74 Å². The van der Waals surface area contributed by atoms with Gasteiger partial charge in [-0.2, -0.15) is 4.39 Å². The minimum absolute atomic E-state index is 0.0789. The molecule has 0 aliphatic heterocycles. The van der Waals surface area contributed by atoms with Crippen LogP contribution in [0.4, 0.5) is 13.2 Å². The van der Waals surface area contributed by atoms with E-state index < -0.39 is 33.6 Å². The Kier molecular flexibility index (Phi) is 3.95. The summed E-state index contributed by atoms with van der Waals surface area (Å²) in [6.07, 6.45) is 0. The van der Waals surface area contributed by atoms with Crippen molar-refractivity contribution in [2.45, 2.75) is 6.92 Å². The number of rotatable bonds is 3. The number of hydrogen-bond acceptors (Lipinski definition) is 2. The lowest BCUT2D eigenvalue weighted by molar-refractivity contribution is -0.111. The molecule has 0 bridgehead atoms. The van der Waals surface area contributed by atoms with Crippen LogP contribution in [0.25, 0.3) is 0 Å². The third-order valence-corrected chi connectivity index (χ3v) is 1.94. The van der Waals surface area contributed by atoms with Crippen molar-refractivity contribution in [3.05, 3.63) is 29.1 Å². The lowest BCUT2D eigenvalue weighted by Gasteiger charge is -2.08. The molecule has 15 heavy (non-hydrogen) atoms. The number of hydrogen-bond donors (Lipinski definition) is 0. The molecular formula is C9H6F3IO2. The molecule has 6 heteroatoms. The van der Waals surface area contributed by atoms with Crippen molar-refractivity contribution in [1.82, 2.24) is 0 Å². The van der Waals surface area contributed by atoms with Gasteiger partial charge in [0.05, 0.1) is 0 Å². The zero-order chi connectivity index (χ0) is 11.6. The van der Waals surface area contributed by atoms with E-state index in [0.717, 1.165) is 6.07 Å². The standard InChI is InChI=1S/C9H6F3IO2/c1-4-2-5(10)8(12)9(7(4)11)15-3-6(13)14/h2H,3H2,1H3. The van der Waals surface area contributed by atoms with E-state index in [4.69, 9.17) is 0 Å². The first-order chi connectivity index (χ1) is 6.93. The Bertz CT molecular complexity index is 381. The average Bonchev–Trinajstić information content (AvgIpc) is 2.14. The lowest BCUT2D eigenvalue weighted by atomic mass is 10.2. The van der Waals surface area contributed by atoms with E-state index in [2.05, 4.69) is 4.74 Å². The van der Waals surface area contributed by atoms with Gasteiger partial charge in [0.1, 0.15) is 0 Å². The Hall–Kier alpha value is -0.790. The Balaban J connectivity index is 3.09. The monoisotopic (exact) mass is 330 g/mol. The van der Waals surface area contributed by atoms with E-state index in [-0.39, 0.29) is 5.56 Å². The van der Waals surface area contributed by atoms with Gasteiger partial charge in [-0.3, -0.25) is 4.79 Å². The molecule has 0 aromatic heterocycles. The van der Waals surface area contributed by atoms with E-state index in [9.17, 15) is 18.0 Å². The number of aryl methyl sites for hydroxylation is 1. The maximum absolute atomic E-state index is 13.2. The first-order valence-electron chi connectivity index (χ1n) is 3.88. The maximum Gasteiger partial charge on any atom is 0.229 e. The van der Waals surface area contributed by atoms with Crippen molar-refractivity contribution in [2.24, 2.45) is 0 Å². The fourth-order valence-electron chi connectivity index (χ4n) is 0.956. The second kappa shape index (κ2) is 4.82. The molecule has 0 fully saturated rings. The second-order valence-corrected chi connectivity index (χ2v) is 3.98. The van der Waals surface area contributed by atoms with Gasteiger partial charge in [-0.1, -0.05) is 0 Å². The predicted octanol–water partition coefficient (Wildman–Crippen LogP) is 2.75. The zero-order valence-corrected chi connectivity index (χ0v) is 9.77. The topological polar surface area (TPSA) is 26.3 Å². The van der Waals surface area contributed by atoms with Crippen LogP contribution in [0.1, 0.15) is 5.56 Å². The first kappa shape index (κ1) is 12.3. The SMILES string of the molecule is Cc1cc(F)c(F)c(OCC(=O)I)c1F. The lowest BCUT2D eigenvalue weighted by Crippen LogP contribution is -2.08. The molecule has 1 aromatic carbocycles. The summed E-state index contributed by atoms with van der Waals surface area (Å²) in [5.74, 6) is -4.47. The molecule has 0 unspecified atom stereocenters. The van der Waals surface area contributed by atoms with E-state index in [1.165, 1.54) is 29.5 Å². The largest absolute Gasteiger partial charge is 0.479 e. The molecule has 0 saturated heterocycles. The molecule has 0 radical (unpaired) electrons. The highest BCUT2D eigenvalue weighted by Crippen LogP contribution is 2.26. The number of ether oxygens (including phenoxy) is 1. The minimum atomic E-state index is -1.42. The van der Waals surface area contributed by atoms with Crippen molar-refractivity contribution in [3.8, 4) is 5.75 Å². The van der Waals surface area contributed by atoms with E-state index in [1.54, 1.807) is 0 Å². The van der Waals surface area contributed by atoms with Crippen LogP contribution in [-0.2, 0) is 4.79 Å². The summed E-state index contributed by atoms with van der Waals surface area (Å²) in [6.45, 7) is 0.772. The summed E-state index contributed by atoms with van der Waals surface area (Å²) < 4.78 is 43.2. The summed E-state index contributed by atoms with van der Waals surface area (Å²) in [5.41, 5.74) is -0.0789. The van der Waals surface area contributed by atoms with Crippen LogP contribution in [0, 0.1) is 24.4 Å². The summed E-state index contributed by atoms with van der Waals surface area (Å²) in [6, 6.07) is 0.726. The van der Waals surface area contributed by atoms with Gasteiger partial charge in [-0.05, 0) is 18.6 Å². The van der Waals surface area contributed by atoms with Gasteiger partial charge in [-0.15, -0.1) is 0 Å². The zero-order valence-electron chi connectivity index (χ0n) is 7.61. The molecule has 0 heterocycles. The normalized spacial score (nSPS) is 10.2. The molecule has 82 valence electrons. The molecule has 0 aliphatic carbocycles. The Morgan fingerprint density at radius 1 is 1.40 bits per heavy atom. The number of halogens is 4. The van der Waals surface area contributed by atoms with Crippen LogP contribution in [0.15, 0.2) is 6.07 Å². The van der Waals surface area contributed by atoms with Crippen molar-refractivity contribution < 1.29 is 22.7 Å². The van der Waals surface area contributed by atoms with Crippen molar-refractivity contribution in [2.75, 3.05) is 6.61 Å². The second-order valence-electron chi connectivity index (χ2n) is 2.78. The van der Waals surface area contributed by atoms with E-state index in [1.807, 2.05) is 0 Å². The summed E-state index contributed by atoms with van der Waals surface area (Å²) in [5, 5.41) is 0. The number of benzene rings is 1. The van der Waals surface area contributed by atoms with Gasteiger partial charge in [-0.25, -0.2) is 8.78 Å². The van der Waals surface area contributed by atoms with Crippen LogP contribution < -0.4 is 4.74 Å². The van der Waals surface area contributed by atoms with Crippen molar-refractivity contribution >= 4 is 26.4 Å². The predicted molar refractivity (Wildman–Crippen MR) is 55.6 cm³/mol. The Morgan fingerprint density at radius 2 is 2.00 bits per heavy atom. The van der Waals surface area contributed by atoms with Crippen LogP contribution >= 0.6 is 22.6 Å². The fraction of sp³-hybridized carbons (Fsp3) is 0.222. The molecule has 0 N–H and O–H groups in total. The fourth-order valence-corrected chi connectivity index (χ4v) is 1.11. The molecule has 0 aliphatic rings. The van der Waals surface area contributed by atoms with Gasteiger partial charge in [0.15, 0.2) is 24.0 Å². The average molecular weight is 330 g/mol. The van der Waals surface area contributed by atoms with Crippen LogP contribution in [0.3, 0.4) is 0 Å². The molecule has 2 nitrogen and oxygen atoms in total. The van der Waals surface area contributed by atoms with Crippen LogP contribution in [0.2, 0.25) is 0 Å². The summed E-state index contributed by atoms with van der Waals surface area (Å²) in [4.78, 5) is 10.5. The Labute approximate surface area is 97.6 Å². The highest BCUT2D eigenvalue weighted by atomic mass is 127. The van der Waals surface area contributed by atoms with Gasteiger partial charge in [0.25, 0.3) is 0 Å². The Morgan fingerprint density at radius 3 is 2.53 bits per heavy atom. The number of carbonyl (C=O) groups is 1. The third-order valence-electron chi connectivity index (χ3n) is 1.63. The molecule has 0 spiro atoms. The van der Waals surface area contributed by atoms with Crippen molar-refractivity contribution in [3.63, 3.8) is 0 Å². The van der Waals surface area contributed by atoms with E-state index >= 15 is 0 Å². The first-order valence-corrected chi connectivity index (χ1v) is 4.96. The smallest absolute Gasteiger partial charge is 0.229 e. The van der Waals surface area contributed by atoms with Gasteiger partial charge in [0, 0.05) is 22.6 Å². The molecule has 1 rings (SSSR count). The van der Waals surface area contributed by atoms with E-state index in [0.29, 0.717) is 0 Å². The molecule has 0 amide bonds. The van der Waals surface area contributed by atoms with Crippen LogP contribution in [0.5, 0.6) is 5.75 Å².